The van der Waals surface area contributed by atoms with Crippen LogP contribution in [0.3, 0.4) is 0 Å². The lowest BCUT2D eigenvalue weighted by Gasteiger charge is -2.02. The number of thiol groups is 1. The Morgan fingerprint density at radius 2 is 2.23 bits per heavy atom. The summed E-state index contributed by atoms with van der Waals surface area (Å²) in [7, 11) is 1.64. The Hall–Kier alpha value is -0.870. The number of rotatable bonds is 1. The first-order valence-electron chi connectivity index (χ1n) is 3.76. The lowest BCUT2D eigenvalue weighted by molar-refractivity contribution is 0.414. The molecule has 0 aliphatic rings. The fourth-order valence-corrected chi connectivity index (χ4v) is 2.62. The van der Waals surface area contributed by atoms with Gasteiger partial charge in [0, 0.05) is 20.4 Å². The van der Waals surface area contributed by atoms with Gasteiger partial charge in [-0.25, -0.2) is 0 Å². The highest BCUT2D eigenvalue weighted by atomic mass is 32.1. The van der Waals surface area contributed by atoms with Crippen LogP contribution in [0, 0.1) is 0 Å². The van der Waals surface area contributed by atoms with Gasteiger partial charge in [-0.1, -0.05) is 0 Å². The van der Waals surface area contributed by atoms with E-state index in [-0.39, 0.29) is 0 Å². The summed E-state index contributed by atoms with van der Waals surface area (Å²) < 4.78 is 6.24. The van der Waals surface area contributed by atoms with Gasteiger partial charge < -0.3 is 10.5 Å². The van der Waals surface area contributed by atoms with Crippen LogP contribution < -0.4 is 10.5 Å². The van der Waals surface area contributed by atoms with E-state index in [0.717, 1.165) is 26.4 Å². The van der Waals surface area contributed by atoms with Gasteiger partial charge in [0.2, 0.25) is 0 Å². The Balaban J connectivity index is 2.79. The number of ether oxygens (including phenoxy) is 1. The van der Waals surface area contributed by atoms with E-state index in [1.165, 1.54) is 0 Å². The highest BCUT2D eigenvalue weighted by molar-refractivity contribution is 7.80. The van der Waals surface area contributed by atoms with Gasteiger partial charge in [-0.3, -0.25) is 0 Å². The molecule has 0 spiro atoms. The third kappa shape index (κ3) is 1.36. The summed E-state index contributed by atoms with van der Waals surface area (Å²) in [5.41, 5.74) is 6.57. The summed E-state index contributed by atoms with van der Waals surface area (Å²) >= 11 is 5.96. The van der Waals surface area contributed by atoms with E-state index in [0.29, 0.717) is 0 Å². The molecule has 2 rings (SSSR count). The molecule has 1 aromatic carbocycles. The molecule has 4 heteroatoms. The third-order valence-electron chi connectivity index (χ3n) is 1.89. The maximum atomic E-state index is 5.79. The highest BCUT2D eigenvalue weighted by Gasteiger charge is 2.06. The maximum Gasteiger partial charge on any atom is 0.121 e. The monoisotopic (exact) mass is 211 g/mol. The van der Waals surface area contributed by atoms with Gasteiger partial charge in [0.1, 0.15) is 5.75 Å². The van der Waals surface area contributed by atoms with Crippen LogP contribution >= 0.6 is 24.0 Å². The van der Waals surface area contributed by atoms with E-state index in [4.69, 9.17) is 10.5 Å². The number of fused-ring (bicyclic) bond motifs is 1. The summed E-state index contributed by atoms with van der Waals surface area (Å²) in [6.07, 6.45) is 0. The van der Waals surface area contributed by atoms with E-state index < -0.39 is 0 Å². The smallest absolute Gasteiger partial charge is 0.121 e. The number of thiophene rings is 1. The Bertz CT molecular complexity index is 450. The zero-order chi connectivity index (χ0) is 9.42. The van der Waals surface area contributed by atoms with E-state index in [9.17, 15) is 0 Å². The molecule has 2 N–H and O–H groups in total. The van der Waals surface area contributed by atoms with E-state index in [1.807, 2.05) is 17.5 Å². The van der Waals surface area contributed by atoms with Crippen molar-refractivity contribution in [3.63, 3.8) is 0 Å². The molecule has 0 saturated carbocycles. The number of nitrogens with two attached hydrogens (primary N) is 1. The third-order valence-corrected chi connectivity index (χ3v) is 3.19. The standard InChI is InChI=1S/C9H9NOS2/c1-11-5-2-7(12)9-6(10)4-13-8(9)3-5/h2-4,12H,10H2,1H3. The fraction of sp³-hybridized carbons (Fsp3) is 0.111. The molecule has 1 heterocycles. The van der Waals surface area contributed by atoms with Crippen LogP contribution in [0.4, 0.5) is 5.69 Å². The minimum atomic E-state index is 0.785. The first kappa shape index (κ1) is 8.72. The Morgan fingerprint density at radius 3 is 2.92 bits per heavy atom. The summed E-state index contributed by atoms with van der Waals surface area (Å²) in [5.74, 6) is 0.819. The number of benzene rings is 1. The van der Waals surface area contributed by atoms with E-state index in [1.54, 1.807) is 18.4 Å². The quantitative estimate of drug-likeness (QED) is 0.711. The molecule has 0 saturated heterocycles. The predicted molar refractivity (Wildman–Crippen MR) is 60.0 cm³/mol. The molecule has 0 unspecified atom stereocenters. The van der Waals surface area contributed by atoms with Crippen molar-refractivity contribution in [1.82, 2.24) is 0 Å². The second-order valence-corrected chi connectivity index (χ2v) is 4.10. The normalized spacial score (nSPS) is 10.6. The average Bonchev–Trinajstić information content (AvgIpc) is 2.48. The molecule has 0 aliphatic heterocycles. The molecule has 0 fully saturated rings. The summed E-state index contributed by atoms with van der Waals surface area (Å²) in [6.45, 7) is 0. The van der Waals surface area contributed by atoms with Crippen LogP contribution in [0.2, 0.25) is 0 Å². The van der Waals surface area contributed by atoms with Crippen LogP contribution in [0.25, 0.3) is 10.1 Å². The lowest BCUT2D eigenvalue weighted by Crippen LogP contribution is -1.84. The van der Waals surface area contributed by atoms with Gasteiger partial charge in [-0.15, -0.1) is 24.0 Å². The van der Waals surface area contributed by atoms with Crippen LogP contribution in [-0.4, -0.2) is 7.11 Å². The van der Waals surface area contributed by atoms with Crippen molar-refractivity contribution in [2.24, 2.45) is 0 Å². The molecule has 0 radical (unpaired) electrons. The van der Waals surface area contributed by atoms with Crippen LogP contribution in [0.5, 0.6) is 5.75 Å². The van der Waals surface area contributed by atoms with Gasteiger partial charge in [0.15, 0.2) is 0 Å². The molecule has 0 amide bonds. The van der Waals surface area contributed by atoms with Crippen LogP contribution in [0.15, 0.2) is 22.4 Å². The number of nitrogen functional groups attached to an aromatic ring is 1. The second kappa shape index (κ2) is 3.12. The second-order valence-electron chi connectivity index (χ2n) is 2.71. The zero-order valence-electron chi connectivity index (χ0n) is 7.07. The number of hydrogen-bond donors (Lipinski definition) is 2. The minimum Gasteiger partial charge on any atom is -0.497 e. The minimum absolute atomic E-state index is 0.785. The molecule has 0 aliphatic carbocycles. The lowest BCUT2D eigenvalue weighted by atomic mass is 10.2. The first-order chi connectivity index (χ1) is 6.22. The molecular weight excluding hydrogens is 202 g/mol. The molecule has 13 heavy (non-hydrogen) atoms. The van der Waals surface area contributed by atoms with Crippen molar-refractivity contribution in [2.45, 2.75) is 4.90 Å². The van der Waals surface area contributed by atoms with Gasteiger partial charge >= 0.3 is 0 Å². The zero-order valence-corrected chi connectivity index (χ0v) is 8.78. The van der Waals surface area contributed by atoms with Crippen molar-refractivity contribution in [3.8, 4) is 5.75 Å². The van der Waals surface area contributed by atoms with Crippen LogP contribution in [-0.2, 0) is 0 Å². The van der Waals surface area contributed by atoms with Crippen molar-refractivity contribution in [3.05, 3.63) is 17.5 Å². The number of methoxy groups -OCH3 is 1. The topological polar surface area (TPSA) is 35.2 Å². The summed E-state index contributed by atoms with van der Waals surface area (Å²) in [6, 6.07) is 3.84. The molecule has 2 aromatic rings. The Kier molecular flexibility index (Phi) is 2.09. The Morgan fingerprint density at radius 1 is 1.46 bits per heavy atom. The predicted octanol–water partition coefficient (Wildman–Crippen LogP) is 2.78. The largest absolute Gasteiger partial charge is 0.497 e. The maximum absolute atomic E-state index is 5.79. The average molecular weight is 211 g/mol. The van der Waals surface area contributed by atoms with Crippen LogP contribution in [0.1, 0.15) is 0 Å². The van der Waals surface area contributed by atoms with Crippen molar-refractivity contribution in [1.29, 1.82) is 0 Å². The fourth-order valence-electron chi connectivity index (χ4n) is 1.26. The van der Waals surface area contributed by atoms with E-state index >= 15 is 0 Å². The highest BCUT2D eigenvalue weighted by Crippen LogP contribution is 2.36. The first-order valence-corrected chi connectivity index (χ1v) is 5.08. The molecule has 2 nitrogen and oxygen atoms in total. The van der Waals surface area contributed by atoms with E-state index in [2.05, 4.69) is 12.6 Å². The molecule has 1 aromatic heterocycles. The van der Waals surface area contributed by atoms with Crippen molar-refractivity contribution >= 4 is 39.7 Å². The molecule has 0 bridgehead atoms. The summed E-state index contributed by atoms with van der Waals surface area (Å²) in [4.78, 5) is 0.869. The van der Waals surface area contributed by atoms with Crippen molar-refractivity contribution in [2.75, 3.05) is 12.8 Å². The van der Waals surface area contributed by atoms with Gasteiger partial charge in [0.25, 0.3) is 0 Å². The number of anilines is 1. The van der Waals surface area contributed by atoms with Gasteiger partial charge in [-0.2, -0.15) is 0 Å². The summed E-state index contributed by atoms with van der Waals surface area (Å²) in [5, 5.41) is 2.94. The van der Waals surface area contributed by atoms with Gasteiger partial charge in [0.05, 0.1) is 12.8 Å². The Labute approximate surface area is 85.7 Å². The number of hydrogen-bond acceptors (Lipinski definition) is 4. The SMILES string of the molecule is COc1cc(S)c2c(N)csc2c1. The van der Waals surface area contributed by atoms with Gasteiger partial charge in [-0.05, 0) is 12.1 Å². The molecular formula is C9H9NOS2. The molecule has 68 valence electrons. The molecule has 0 atom stereocenters. The van der Waals surface area contributed by atoms with Crippen molar-refractivity contribution < 1.29 is 4.74 Å².